The third-order valence-corrected chi connectivity index (χ3v) is 4.85. The molecule has 0 bridgehead atoms. The lowest BCUT2D eigenvalue weighted by atomic mass is 9.63. The van der Waals surface area contributed by atoms with Gasteiger partial charge in [-0.3, -0.25) is 0 Å². The summed E-state index contributed by atoms with van der Waals surface area (Å²) in [5, 5.41) is 9.82. The van der Waals surface area contributed by atoms with E-state index in [2.05, 4.69) is 19.6 Å². The minimum Gasteiger partial charge on any atom is -0.508 e. The van der Waals surface area contributed by atoms with Crippen LogP contribution in [-0.4, -0.2) is 23.9 Å². The zero-order valence-corrected chi connectivity index (χ0v) is 12.3. The fraction of sp³-hybridized carbons (Fsp3) is 0.625. The molecule has 0 radical (unpaired) electrons. The van der Waals surface area contributed by atoms with Crippen LogP contribution >= 0.6 is 0 Å². The number of benzene rings is 1. The molecule has 0 unspecified atom stereocenters. The molecule has 0 aliphatic heterocycles. The first-order valence-corrected chi connectivity index (χ1v) is 7.36. The first-order valence-electron chi connectivity index (χ1n) is 7.36. The summed E-state index contributed by atoms with van der Waals surface area (Å²) in [4.78, 5) is 0. The van der Waals surface area contributed by atoms with Crippen LogP contribution in [0, 0.1) is 0 Å². The van der Waals surface area contributed by atoms with E-state index in [0.29, 0.717) is 5.75 Å². The monoisotopic (exact) mass is 264 g/mol. The second kappa shape index (κ2) is 5.51. The smallest absolute Gasteiger partial charge is 0.121 e. The third kappa shape index (κ3) is 2.26. The first kappa shape index (κ1) is 14.4. The number of ether oxygens (including phenoxy) is 1. The summed E-state index contributed by atoms with van der Waals surface area (Å²) in [6, 6.07) is 5.99. The molecule has 0 saturated heterocycles. The summed E-state index contributed by atoms with van der Waals surface area (Å²) in [6.07, 6.45) is 3.14. The van der Waals surface area contributed by atoms with E-state index in [1.165, 1.54) is 11.1 Å². The van der Waals surface area contributed by atoms with Gasteiger partial charge < -0.3 is 15.6 Å². The molecule has 0 aromatic heterocycles. The summed E-state index contributed by atoms with van der Waals surface area (Å²) in [7, 11) is 0. The van der Waals surface area contributed by atoms with Crippen molar-refractivity contribution in [1.82, 2.24) is 0 Å². The maximum absolute atomic E-state index is 9.82. The number of fused-ring (bicyclic) bond motifs is 1. The lowest BCUT2D eigenvalue weighted by Gasteiger charge is -2.44. The number of rotatable bonds is 4. The molecule has 0 spiro atoms. The molecule has 2 atom stereocenters. The van der Waals surface area contributed by atoms with Crippen LogP contribution in [0.2, 0.25) is 0 Å². The largest absolute Gasteiger partial charge is 0.508 e. The van der Waals surface area contributed by atoms with Crippen molar-refractivity contribution < 1.29 is 15.6 Å². The summed E-state index contributed by atoms with van der Waals surface area (Å²) in [6.45, 7) is 7.19. The van der Waals surface area contributed by atoms with E-state index in [1.54, 1.807) is 6.07 Å². The Kier molecular flexibility index (Phi) is 4.16. The molecule has 0 amide bonds. The van der Waals surface area contributed by atoms with Crippen molar-refractivity contribution >= 4 is 0 Å². The van der Waals surface area contributed by atoms with Crippen LogP contribution in [0.25, 0.3) is 0 Å². The molecule has 1 aromatic rings. The van der Waals surface area contributed by atoms with Gasteiger partial charge in [-0.25, -0.2) is 0 Å². The summed E-state index contributed by atoms with van der Waals surface area (Å²) in [5.41, 5.74) is 7.01. The van der Waals surface area contributed by atoms with Crippen molar-refractivity contribution in [2.24, 2.45) is 0 Å². The van der Waals surface area contributed by atoms with Gasteiger partial charge in [-0.2, -0.15) is 0 Å². The molecule has 1 aliphatic carbocycles. The average molecular weight is 264 g/mol. The Bertz CT molecular complexity index is 440. The Morgan fingerprint density at radius 1 is 1.32 bits per heavy atom. The Morgan fingerprint density at radius 3 is 2.58 bits per heavy atom. The van der Waals surface area contributed by atoms with Crippen molar-refractivity contribution in [2.45, 2.75) is 57.6 Å². The van der Waals surface area contributed by atoms with Crippen LogP contribution in [0.15, 0.2) is 18.2 Å². The normalized spacial score (nSPS) is 25.1. The van der Waals surface area contributed by atoms with Crippen LogP contribution in [0.1, 0.15) is 44.7 Å². The maximum Gasteiger partial charge on any atom is 0.121 e. The van der Waals surface area contributed by atoms with Crippen molar-refractivity contribution in [3.05, 3.63) is 29.3 Å². The predicted octanol–water partition coefficient (Wildman–Crippen LogP) is 2.02. The van der Waals surface area contributed by atoms with E-state index < -0.39 is 0 Å². The highest BCUT2D eigenvalue weighted by Crippen LogP contribution is 2.43. The second-order valence-corrected chi connectivity index (χ2v) is 5.51. The van der Waals surface area contributed by atoms with Gasteiger partial charge in [-0.15, -0.1) is 0 Å². The lowest BCUT2D eigenvalue weighted by Crippen LogP contribution is -2.76. The van der Waals surface area contributed by atoms with Crippen molar-refractivity contribution in [3.8, 4) is 5.75 Å². The van der Waals surface area contributed by atoms with Gasteiger partial charge in [-0.05, 0) is 43.0 Å². The molecule has 3 nitrogen and oxygen atoms in total. The molecule has 1 aliphatic rings. The van der Waals surface area contributed by atoms with Gasteiger partial charge in [0.15, 0.2) is 0 Å². The third-order valence-electron chi connectivity index (χ3n) is 4.85. The van der Waals surface area contributed by atoms with Gasteiger partial charge in [0.1, 0.15) is 17.9 Å². The fourth-order valence-electron chi connectivity index (χ4n) is 3.66. The minimum atomic E-state index is 0.0200. The van der Waals surface area contributed by atoms with Gasteiger partial charge in [0.2, 0.25) is 0 Å². The highest BCUT2D eigenvalue weighted by molar-refractivity contribution is 5.44. The van der Waals surface area contributed by atoms with Crippen LogP contribution in [0.3, 0.4) is 0 Å². The van der Waals surface area contributed by atoms with Gasteiger partial charge in [0.25, 0.3) is 0 Å². The molecule has 19 heavy (non-hydrogen) atoms. The Balaban J connectivity index is 2.53. The molecule has 0 fully saturated rings. The quantitative estimate of drug-likeness (QED) is 0.874. The molecular weight excluding hydrogens is 238 g/mol. The predicted molar refractivity (Wildman–Crippen MR) is 76.2 cm³/mol. The highest BCUT2D eigenvalue weighted by Gasteiger charge is 2.48. The lowest BCUT2D eigenvalue weighted by molar-refractivity contribution is -0.460. The molecule has 106 valence electrons. The highest BCUT2D eigenvalue weighted by atomic mass is 16.5. The van der Waals surface area contributed by atoms with Gasteiger partial charge in [0, 0.05) is 18.4 Å². The molecule has 1 aromatic carbocycles. The zero-order valence-electron chi connectivity index (χ0n) is 12.3. The van der Waals surface area contributed by atoms with Gasteiger partial charge in [0.05, 0.1) is 0 Å². The number of phenolic OH excluding ortho intramolecular Hbond substituents is 1. The van der Waals surface area contributed by atoms with Crippen molar-refractivity contribution in [2.75, 3.05) is 6.61 Å². The Hall–Kier alpha value is -1.06. The topological polar surface area (TPSA) is 57.1 Å². The van der Waals surface area contributed by atoms with Crippen LogP contribution < -0.4 is 5.73 Å². The molecule has 3 heteroatoms. The second-order valence-electron chi connectivity index (χ2n) is 5.51. The van der Waals surface area contributed by atoms with Gasteiger partial charge >= 0.3 is 0 Å². The van der Waals surface area contributed by atoms with Crippen LogP contribution in [0.5, 0.6) is 5.75 Å². The molecule has 2 rings (SSSR count). The molecular formula is C16H26NO2+. The van der Waals surface area contributed by atoms with E-state index in [1.807, 2.05) is 19.1 Å². The van der Waals surface area contributed by atoms with E-state index in [4.69, 9.17) is 4.74 Å². The fourth-order valence-corrected chi connectivity index (χ4v) is 3.66. The number of hydrogen-bond donors (Lipinski definition) is 2. The number of aromatic hydroxyl groups is 1. The van der Waals surface area contributed by atoms with E-state index in [9.17, 15) is 5.11 Å². The van der Waals surface area contributed by atoms with Crippen molar-refractivity contribution in [1.29, 1.82) is 0 Å². The van der Waals surface area contributed by atoms with Gasteiger partial charge in [-0.1, -0.05) is 19.9 Å². The summed E-state index contributed by atoms with van der Waals surface area (Å²) >= 11 is 0. The number of hydrogen-bond acceptors (Lipinski definition) is 2. The summed E-state index contributed by atoms with van der Waals surface area (Å²) in [5.74, 6) is 0.354. The van der Waals surface area contributed by atoms with Crippen LogP contribution in [-0.2, 0) is 16.6 Å². The van der Waals surface area contributed by atoms with Crippen LogP contribution in [0.4, 0.5) is 0 Å². The van der Waals surface area contributed by atoms with Crippen molar-refractivity contribution in [3.63, 3.8) is 0 Å². The maximum atomic E-state index is 9.82. The van der Waals surface area contributed by atoms with E-state index in [0.717, 1.165) is 25.9 Å². The molecule has 0 heterocycles. The zero-order chi connectivity index (χ0) is 14.0. The number of quaternary nitrogens is 1. The number of phenols is 1. The molecule has 0 saturated carbocycles. The standard InChI is InChI=1S/C16H25NO2/c1-4-16(5-2)13-10-12(18)8-7-11(13)9-14(15(16)17)19-6-3/h7-8,10,14-15,18H,4-6,9,17H2,1-3H3/p+1/t14-,15+/m1/s1. The van der Waals surface area contributed by atoms with E-state index in [-0.39, 0.29) is 17.6 Å². The first-order chi connectivity index (χ1) is 9.08. The Labute approximate surface area is 115 Å². The average Bonchev–Trinajstić information content (AvgIpc) is 2.41. The van der Waals surface area contributed by atoms with E-state index >= 15 is 0 Å². The summed E-state index contributed by atoms with van der Waals surface area (Å²) < 4.78 is 5.92. The molecule has 4 N–H and O–H groups in total. The minimum absolute atomic E-state index is 0.0200. The SMILES string of the molecule is CCO[C@@H]1Cc2ccc(O)cc2C(CC)(CC)[C@H]1[NH3+]. The Morgan fingerprint density at radius 2 is 2.00 bits per heavy atom.